The summed E-state index contributed by atoms with van der Waals surface area (Å²) in [5.41, 5.74) is 5.05. The molecule has 33 heavy (non-hydrogen) atoms. The Morgan fingerprint density at radius 3 is 2.09 bits per heavy atom. The Hall–Kier alpha value is -3.41. The van der Waals surface area contributed by atoms with Crippen molar-refractivity contribution in [2.45, 2.75) is 19.5 Å². The zero-order valence-corrected chi connectivity index (χ0v) is 19.5. The lowest BCUT2D eigenvalue weighted by molar-refractivity contribution is -0.131. The van der Waals surface area contributed by atoms with E-state index in [4.69, 9.17) is 16.6 Å². The SMILES string of the molecule is O=C(Cc1csc2nc(-c3ccc(Cl)cc3)cn12)N(Cc1ccccc1)Cc1ccccc1. The zero-order valence-electron chi connectivity index (χ0n) is 17.9. The number of aromatic nitrogens is 2. The second-order valence-corrected chi connectivity index (χ2v) is 9.18. The molecule has 0 aliphatic carbocycles. The highest BCUT2D eigenvalue weighted by Gasteiger charge is 2.18. The number of fused-ring (bicyclic) bond motifs is 1. The molecule has 2 aromatic heterocycles. The van der Waals surface area contributed by atoms with Crippen LogP contribution in [0.5, 0.6) is 0 Å². The number of carbonyl (C=O) groups excluding carboxylic acids is 1. The number of benzene rings is 3. The van der Waals surface area contributed by atoms with E-state index < -0.39 is 0 Å². The Labute approximate surface area is 201 Å². The predicted molar refractivity (Wildman–Crippen MR) is 134 cm³/mol. The van der Waals surface area contributed by atoms with Gasteiger partial charge in [-0.1, -0.05) is 84.4 Å². The number of imidazole rings is 1. The van der Waals surface area contributed by atoms with Gasteiger partial charge in [0.05, 0.1) is 12.1 Å². The van der Waals surface area contributed by atoms with Gasteiger partial charge in [0.2, 0.25) is 5.91 Å². The highest BCUT2D eigenvalue weighted by Crippen LogP contribution is 2.25. The van der Waals surface area contributed by atoms with E-state index in [1.165, 1.54) is 0 Å². The van der Waals surface area contributed by atoms with Gasteiger partial charge in [-0.15, -0.1) is 11.3 Å². The van der Waals surface area contributed by atoms with Gasteiger partial charge in [0.25, 0.3) is 0 Å². The van der Waals surface area contributed by atoms with E-state index >= 15 is 0 Å². The molecule has 0 aliphatic heterocycles. The number of amides is 1. The van der Waals surface area contributed by atoms with Crippen molar-refractivity contribution in [2.75, 3.05) is 0 Å². The van der Waals surface area contributed by atoms with Crippen LogP contribution in [0.25, 0.3) is 16.2 Å². The monoisotopic (exact) mass is 471 g/mol. The average molecular weight is 472 g/mol. The number of rotatable bonds is 7. The molecule has 5 rings (SSSR count). The zero-order chi connectivity index (χ0) is 22.6. The van der Waals surface area contributed by atoms with E-state index in [-0.39, 0.29) is 5.91 Å². The summed E-state index contributed by atoms with van der Waals surface area (Å²) in [5, 5.41) is 2.72. The third-order valence-electron chi connectivity index (χ3n) is 5.54. The fraction of sp³-hybridized carbons (Fsp3) is 0.111. The Morgan fingerprint density at radius 2 is 1.48 bits per heavy atom. The number of carbonyl (C=O) groups is 1. The minimum atomic E-state index is 0.0872. The van der Waals surface area contributed by atoms with Gasteiger partial charge in [0.1, 0.15) is 0 Å². The van der Waals surface area contributed by atoms with Crippen LogP contribution in [-0.4, -0.2) is 20.2 Å². The first-order valence-corrected chi connectivity index (χ1v) is 12.0. The van der Waals surface area contributed by atoms with E-state index in [2.05, 4.69) is 24.3 Å². The van der Waals surface area contributed by atoms with E-state index in [1.807, 2.05) is 81.5 Å². The maximum Gasteiger partial charge on any atom is 0.229 e. The molecule has 0 radical (unpaired) electrons. The second-order valence-electron chi connectivity index (χ2n) is 7.91. The standard InChI is InChI=1S/C27H22ClN3OS/c28-23-13-11-22(12-14-23)25-18-31-24(19-33-27(31)29-25)15-26(32)30(16-20-7-3-1-4-8-20)17-21-9-5-2-6-10-21/h1-14,18-19H,15-17H2. The summed E-state index contributed by atoms with van der Waals surface area (Å²) in [6.07, 6.45) is 2.31. The van der Waals surface area contributed by atoms with Crippen molar-refractivity contribution in [3.8, 4) is 11.3 Å². The van der Waals surface area contributed by atoms with Gasteiger partial charge in [-0.2, -0.15) is 0 Å². The van der Waals surface area contributed by atoms with E-state index in [1.54, 1.807) is 11.3 Å². The first-order valence-electron chi connectivity index (χ1n) is 10.7. The topological polar surface area (TPSA) is 37.6 Å². The third-order valence-corrected chi connectivity index (χ3v) is 6.68. The van der Waals surface area contributed by atoms with Crippen LogP contribution < -0.4 is 0 Å². The van der Waals surface area contributed by atoms with Gasteiger partial charge in [-0.25, -0.2) is 4.98 Å². The highest BCUT2D eigenvalue weighted by molar-refractivity contribution is 7.15. The summed E-state index contributed by atoms with van der Waals surface area (Å²) in [6.45, 7) is 1.14. The summed E-state index contributed by atoms with van der Waals surface area (Å²) >= 11 is 7.57. The molecule has 0 bridgehead atoms. The van der Waals surface area contributed by atoms with Crippen LogP contribution in [0.4, 0.5) is 0 Å². The first-order chi connectivity index (χ1) is 16.2. The normalized spacial score (nSPS) is 11.1. The molecule has 2 heterocycles. The Kier molecular flexibility index (Phi) is 6.24. The van der Waals surface area contributed by atoms with Gasteiger partial charge >= 0.3 is 0 Å². The van der Waals surface area contributed by atoms with Gasteiger partial charge in [0.15, 0.2) is 4.96 Å². The van der Waals surface area contributed by atoms with Crippen molar-refractivity contribution in [3.63, 3.8) is 0 Å². The van der Waals surface area contributed by atoms with Crippen molar-refractivity contribution in [3.05, 3.63) is 118 Å². The van der Waals surface area contributed by atoms with Crippen molar-refractivity contribution in [2.24, 2.45) is 0 Å². The van der Waals surface area contributed by atoms with Gasteiger partial charge in [-0.3, -0.25) is 9.20 Å². The van der Waals surface area contributed by atoms with E-state index in [0.717, 1.165) is 33.0 Å². The van der Waals surface area contributed by atoms with E-state index in [0.29, 0.717) is 24.5 Å². The molecule has 0 spiro atoms. The fourth-order valence-electron chi connectivity index (χ4n) is 3.82. The Balaban J connectivity index is 1.39. The van der Waals surface area contributed by atoms with Crippen LogP contribution in [0.1, 0.15) is 16.8 Å². The molecule has 4 nitrogen and oxygen atoms in total. The molecule has 3 aromatic carbocycles. The largest absolute Gasteiger partial charge is 0.334 e. The molecule has 5 aromatic rings. The molecular formula is C27H22ClN3OS. The number of nitrogens with zero attached hydrogens (tertiary/aromatic N) is 3. The van der Waals surface area contributed by atoms with Crippen LogP contribution >= 0.6 is 22.9 Å². The lowest BCUT2D eigenvalue weighted by Crippen LogP contribution is -2.31. The van der Waals surface area contributed by atoms with Crippen molar-refractivity contribution in [1.29, 1.82) is 0 Å². The second kappa shape index (κ2) is 9.61. The molecule has 6 heteroatoms. The molecule has 0 atom stereocenters. The number of thiazole rings is 1. The quantitative estimate of drug-likeness (QED) is 0.272. The summed E-state index contributed by atoms with van der Waals surface area (Å²) in [7, 11) is 0. The van der Waals surface area contributed by atoms with Crippen molar-refractivity contribution >= 4 is 33.8 Å². The Bertz CT molecular complexity index is 1320. The van der Waals surface area contributed by atoms with Gasteiger partial charge < -0.3 is 4.90 Å². The molecule has 0 fully saturated rings. The molecule has 0 aliphatic rings. The van der Waals surface area contributed by atoms with Crippen LogP contribution in [0.15, 0.2) is 96.5 Å². The predicted octanol–water partition coefficient (Wildman–Crippen LogP) is 6.49. The molecule has 1 amide bonds. The minimum absolute atomic E-state index is 0.0872. The lowest BCUT2D eigenvalue weighted by atomic mass is 10.1. The molecule has 0 saturated carbocycles. The number of hydrogen-bond donors (Lipinski definition) is 0. The summed E-state index contributed by atoms with van der Waals surface area (Å²) in [6, 6.07) is 27.9. The van der Waals surface area contributed by atoms with Crippen LogP contribution in [0.3, 0.4) is 0 Å². The molecule has 0 saturated heterocycles. The van der Waals surface area contributed by atoms with Crippen LogP contribution in [0.2, 0.25) is 5.02 Å². The van der Waals surface area contributed by atoms with Gasteiger partial charge in [0, 0.05) is 40.9 Å². The maximum atomic E-state index is 13.5. The molecule has 0 unspecified atom stereocenters. The smallest absolute Gasteiger partial charge is 0.229 e. The Morgan fingerprint density at radius 1 is 0.879 bits per heavy atom. The van der Waals surface area contributed by atoms with Crippen LogP contribution in [0, 0.1) is 0 Å². The van der Waals surface area contributed by atoms with Crippen molar-refractivity contribution in [1.82, 2.24) is 14.3 Å². The fourth-order valence-corrected chi connectivity index (χ4v) is 4.82. The molecular weight excluding hydrogens is 450 g/mol. The summed E-state index contributed by atoms with van der Waals surface area (Å²) < 4.78 is 2.02. The average Bonchev–Trinajstić information content (AvgIpc) is 3.42. The minimum Gasteiger partial charge on any atom is -0.334 e. The van der Waals surface area contributed by atoms with Gasteiger partial charge in [-0.05, 0) is 23.3 Å². The summed E-state index contributed by atoms with van der Waals surface area (Å²) in [4.78, 5) is 21.0. The van der Waals surface area contributed by atoms with E-state index in [9.17, 15) is 4.79 Å². The molecule has 0 N–H and O–H groups in total. The lowest BCUT2D eigenvalue weighted by Gasteiger charge is -2.23. The third kappa shape index (κ3) is 5.00. The van der Waals surface area contributed by atoms with Crippen LogP contribution in [-0.2, 0) is 24.3 Å². The number of halogens is 1. The number of hydrogen-bond acceptors (Lipinski definition) is 3. The van der Waals surface area contributed by atoms with Crippen molar-refractivity contribution < 1.29 is 4.79 Å². The maximum absolute atomic E-state index is 13.5. The highest BCUT2D eigenvalue weighted by atomic mass is 35.5. The first kappa shape index (κ1) is 21.4. The summed E-state index contributed by atoms with van der Waals surface area (Å²) in [5.74, 6) is 0.0872. The molecule has 164 valence electrons.